The minimum atomic E-state index is -0.951. The molecule has 1 aromatic heterocycles. The van der Waals surface area contributed by atoms with Crippen molar-refractivity contribution in [1.29, 1.82) is 0 Å². The number of furan rings is 1. The van der Waals surface area contributed by atoms with Gasteiger partial charge in [0.05, 0.1) is 12.5 Å². The van der Waals surface area contributed by atoms with Crippen LogP contribution < -0.4 is 15.8 Å². The maximum absolute atomic E-state index is 13.8. The molecule has 128 valence electrons. The molecule has 3 aromatic rings. The van der Waals surface area contributed by atoms with E-state index in [0.717, 1.165) is 24.3 Å². The number of primary amides is 1. The van der Waals surface area contributed by atoms with Crippen LogP contribution in [0.5, 0.6) is 5.75 Å². The Labute approximate surface area is 140 Å². The van der Waals surface area contributed by atoms with Crippen LogP contribution in [-0.4, -0.2) is 18.9 Å². The number of nitrogens with one attached hydrogen (secondary N) is 1. The summed E-state index contributed by atoms with van der Waals surface area (Å²) in [6.07, 6.45) is 0. The Morgan fingerprint density at radius 1 is 1.12 bits per heavy atom. The number of nitrogens with two attached hydrogens (primary N) is 1. The van der Waals surface area contributed by atoms with Crippen molar-refractivity contribution in [3.05, 3.63) is 59.4 Å². The van der Waals surface area contributed by atoms with E-state index in [1.807, 2.05) is 0 Å². The van der Waals surface area contributed by atoms with Gasteiger partial charge in [-0.2, -0.15) is 0 Å². The molecule has 8 heteroatoms. The van der Waals surface area contributed by atoms with Crippen LogP contribution in [0.2, 0.25) is 0 Å². The van der Waals surface area contributed by atoms with Gasteiger partial charge in [0.25, 0.3) is 11.8 Å². The van der Waals surface area contributed by atoms with E-state index < -0.39 is 23.4 Å². The summed E-state index contributed by atoms with van der Waals surface area (Å²) >= 11 is 0. The number of carbonyl (C=O) groups excluding carboxylic acids is 2. The first-order chi connectivity index (χ1) is 11.9. The number of anilines is 1. The van der Waals surface area contributed by atoms with E-state index in [9.17, 15) is 18.4 Å². The van der Waals surface area contributed by atoms with Gasteiger partial charge in [0, 0.05) is 11.6 Å². The molecule has 0 bridgehead atoms. The predicted octanol–water partition coefficient (Wildman–Crippen LogP) is 3.07. The number of carbonyl (C=O) groups is 2. The quantitative estimate of drug-likeness (QED) is 0.759. The molecule has 0 atom stereocenters. The standard InChI is InChI=1S/C17H12F2N2O4/c1-24-12-7-10(19)6-11-13(15(16(20)22)25-14(11)12)21-17(23)8-2-4-9(18)5-3-8/h2-7H,1H3,(H2,20,22)(H,21,23). The summed E-state index contributed by atoms with van der Waals surface area (Å²) in [7, 11) is 1.30. The van der Waals surface area contributed by atoms with E-state index >= 15 is 0 Å². The maximum Gasteiger partial charge on any atom is 0.286 e. The summed E-state index contributed by atoms with van der Waals surface area (Å²) in [4.78, 5) is 24.0. The maximum atomic E-state index is 13.8. The second-order valence-corrected chi connectivity index (χ2v) is 5.12. The van der Waals surface area contributed by atoms with E-state index in [1.165, 1.54) is 19.2 Å². The Morgan fingerprint density at radius 2 is 1.80 bits per heavy atom. The topological polar surface area (TPSA) is 94.6 Å². The summed E-state index contributed by atoms with van der Waals surface area (Å²) in [5.74, 6) is -3.07. The number of methoxy groups -OCH3 is 1. The van der Waals surface area contributed by atoms with E-state index in [2.05, 4.69) is 5.32 Å². The highest BCUT2D eigenvalue weighted by Crippen LogP contribution is 2.37. The van der Waals surface area contributed by atoms with Gasteiger partial charge in [0.15, 0.2) is 11.3 Å². The third-order valence-corrected chi connectivity index (χ3v) is 3.51. The number of hydrogen-bond donors (Lipinski definition) is 2. The molecule has 0 aliphatic carbocycles. The Balaban J connectivity index is 2.12. The average Bonchev–Trinajstić information content (AvgIpc) is 2.93. The lowest BCUT2D eigenvalue weighted by Gasteiger charge is -2.05. The van der Waals surface area contributed by atoms with E-state index in [4.69, 9.17) is 14.9 Å². The SMILES string of the molecule is COc1cc(F)cc2c(NC(=O)c3ccc(F)cc3)c(C(N)=O)oc12. The van der Waals surface area contributed by atoms with Crippen molar-refractivity contribution in [1.82, 2.24) is 0 Å². The fraction of sp³-hybridized carbons (Fsp3) is 0.0588. The van der Waals surface area contributed by atoms with Crippen molar-refractivity contribution in [3.8, 4) is 5.75 Å². The van der Waals surface area contributed by atoms with Crippen LogP contribution in [-0.2, 0) is 0 Å². The highest BCUT2D eigenvalue weighted by atomic mass is 19.1. The van der Waals surface area contributed by atoms with Crippen molar-refractivity contribution in [2.24, 2.45) is 5.73 Å². The molecule has 6 nitrogen and oxygen atoms in total. The van der Waals surface area contributed by atoms with E-state index in [1.54, 1.807) is 0 Å². The van der Waals surface area contributed by atoms with Gasteiger partial charge >= 0.3 is 0 Å². The molecule has 0 radical (unpaired) electrons. The minimum Gasteiger partial charge on any atom is -0.493 e. The van der Waals surface area contributed by atoms with Crippen molar-refractivity contribution in [3.63, 3.8) is 0 Å². The monoisotopic (exact) mass is 346 g/mol. The molecular formula is C17H12F2N2O4. The molecule has 2 aromatic carbocycles. The van der Waals surface area contributed by atoms with Gasteiger partial charge in [-0.1, -0.05) is 0 Å². The summed E-state index contributed by atoms with van der Waals surface area (Å²) in [5.41, 5.74) is 5.38. The van der Waals surface area contributed by atoms with Crippen molar-refractivity contribution in [2.75, 3.05) is 12.4 Å². The summed E-state index contributed by atoms with van der Waals surface area (Å²) in [6.45, 7) is 0. The normalized spacial score (nSPS) is 10.7. The first-order valence-electron chi connectivity index (χ1n) is 7.07. The average molecular weight is 346 g/mol. The predicted molar refractivity (Wildman–Crippen MR) is 85.6 cm³/mol. The van der Waals surface area contributed by atoms with Gasteiger partial charge in [0.1, 0.15) is 17.3 Å². The largest absolute Gasteiger partial charge is 0.493 e. The second-order valence-electron chi connectivity index (χ2n) is 5.12. The Morgan fingerprint density at radius 3 is 2.40 bits per heavy atom. The first-order valence-corrected chi connectivity index (χ1v) is 7.07. The van der Waals surface area contributed by atoms with Crippen LogP contribution in [0, 0.1) is 11.6 Å². The number of rotatable bonds is 4. The number of halogens is 2. The fourth-order valence-corrected chi connectivity index (χ4v) is 2.37. The van der Waals surface area contributed by atoms with Crippen LogP contribution in [0.15, 0.2) is 40.8 Å². The molecule has 0 fully saturated rings. The van der Waals surface area contributed by atoms with Gasteiger partial charge in [-0.15, -0.1) is 0 Å². The molecule has 0 aliphatic heterocycles. The third kappa shape index (κ3) is 3.01. The Bertz CT molecular complexity index is 980. The second kappa shape index (κ2) is 6.23. The number of ether oxygens (including phenoxy) is 1. The fourth-order valence-electron chi connectivity index (χ4n) is 2.37. The zero-order chi connectivity index (χ0) is 18.1. The number of fused-ring (bicyclic) bond motifs is 1. The summed E-state index contributed by atoms with van der Waals surface area (Å²) in [5, 5.41) is 2.56. The van der Waals surface area contributed by atoms with Crippen LogP contribution in [0.1, 0.15) is 20.9 Å². The van der Waals surface area contributed by atoms with E-state index in [-0.39, 0.29) is 33.7 Å². The summed E-state index contributed by atoms with van der Waals surface area (Å²) in [6, 6.07) is 6.90. The molecule has 0 spiro atoms. The molecule has 0 saturated heterocycles. The molecule has 2 amide bonds. The van der Waals surface area contributed by atoms with Gasteiger partial charge in [-0.05, 0) is 30.3 Å². The number of amides is 2. The number of hydrogen-bond acceptors (Lipinski definition) is 4. The third-order valence-electron chi connectivity index (χ3n) is 3.51. The zero-order valence-electron chi connectivity index (χ0n) is 12.9. The van der Waals surface area contributed by atoms with Gasteiger partial charge in [-0.25, -0.2) is 8.78 Å². The van der Waals surface area contributed by atoms with Gasteiger partial charge in [0.2, 0.25) is 5.76 Å². The Hall–Kier alpha value is -3.42. The van der Waals surface area contributed by atoms with Crippen molar-refractivity contribution < 1.29 is 27.5 Å². The lowest BCUT2D eigenvalue weighted by atomic mass is 10.1. The molecule has 3 N–H and O–H groups in total. The molecule has 3 rings (SSSR count). The smallest absolute Gasteiger partial charge is 0.286 e. The molecule has 0 aliphatic rings. The zero-order valence-corrected chi connectivity index (χ0v) is 12.9. The van der Waals surface area contributed by atoms with E-state index in [0.29, 0.717) is 0 Å². The lowest BCUT2D eigenvalue weighted by Crippen LogP contribution is -2.17. The first kappa shape index (κ1) is 16.4. The van der Waals surface area contributed by atoms with Crippen molar-refractivity contribution >= 4 is 28.5 Å². The summed E-state index contributed by atoms with van der Waals surface area (Å²) < 4.78 is 37.1. The minimum absolute atomic E-state index is 0.0415. The van der Waals surface area contributed by atoms with Gasteiger partial charge < -0.3 is 20.2 Å². The molecule has 1 heterocycles. The highest BCUT2D eigenvalue weighted by Gasteiger charge is 2.24. The van der Waals surface area contributed by atoms with Crippen LogP contribution in [0.4, 0.5) is 14.5 Å². The molecule has 0 unspecified atom stereocenters. The number of benzene rings is 2. The van der Waals surface area contributed by atoms with Crippen LogP contribution in [0.25, 0.3) is 11.0 Å². The van der Waals surface area contributed by atoms with Gasteiger partial charge in [-0.3, -0.25) is 9.59 Å². The lowest BCUT2D eigenvalue weighted by molar-refractivity contribution is 0.0977. The molecule has 25 heavy (non-hydrogen) atoms. The van der Waals surface area contributed by atoms with Crippen LogP contribution >= 0.6 is 0 Å². The molecule has 0 saturated carbocycles. The van der Waals surface area contributed by atoms with Crippen LogP contribution in [0.3, 0.4) is 0 Å². The van der Waals surface area contributed by atoms with Crippen molar-refractivity contribution in [2.45, 2.75) is 0 Å². The Kier molecular flexibility index (Phi) is 4.10. The highest BCUT2D eigenvalue weighted by molar-refractivity contribution is 6.14. The molecular weight excluding hydrogens is 334 g/mol.